The third-order valence-corrected chi connectivity index (χ3v) is 6.31. The molecule has 0 bridgehead atoms. The normalized spacial score (nSPS) is 15.0. The van der Waals surface area contributed by atoms with Gasteiger partial charge in [0.1, 0.15) is 11.3 Å². The Morgan fingerprint density at radius 1 is 1.06 bits per heavy atom. The molecule has 1 atom stereocenters. The molecule has 1 heterocycles. The minimum absolute atomic E-state index is 0.198. The fourth-order valence-electron chi connectivity index (χ4n) is 4.57. The lowest BCUT2D eigenvalue weighted by Crippen LogP contribution is -2.19. The van der Waals surface area contributed by atoms with E-state index in [0.717, 1.165) is 60.8 Å². The van der Waals surface area contributed by atoms with E-state index >= 15 is 0 Å². The van der Waals surface area contributed by atoms with Gasteiger partial charge in [0.15, 0.2) is 0 Å². The van der Waals surface area contributed by atoms with Crippen LogP contribution in [-0.4, -0.2) is 22.0 Å². The monoisotopic (exact) mass is 419 g/mol. The Labute approximate surface area is 182 Å². The summed E-state index contributed by atoms with van der Waals surface area (Å²) < 4.78 is 6.05. The Morgan fingerprint density at radius 2 is 1.87 bits per heavy atom. The van der Waals surface area contributed by atoms with E-state index in [4.69, 9.17) is 4.42 Å². The van der Waals surface area contributed by atoms with Crippen LogP contribution in [0.4, 0.5) is 0 Å². The molecule has 0 spiro atoms. The van der Waals surface area contributed by atoms with Crippen LogP contribution in [-0.2, 0) is 24.1 Å². The molecule has 0 saturated carbocycles. The number of unbranched alkanes of at least 4 members (excludes halogenated alkanes) is 1. The van der Waals surface area contributed by atoms with Crippen molar-refractivity contribution in [1.29, 1.82) is 0 Å². The number of aliphatic carboxylic acids is 1. The molecule has 0 fully saturated rings. The van der Waals surface area contributed by atoms with Gasteiger partial charge in [-0.3, -0.25) is 4.79 Å². The first-order chi connectivity index (χ1) is 15.2. The first kappa shape index (κ1) is 21.2. The number of carboxylic acids is 1. The third kappa shape index (κ3) is 4.98. The highest BCUT2D eigenvalue weighted by atomic mass is 16.4. The van der Waals surface area contributed by atoms with Crippen molar-refractivity contribution in [3.63, 3.8) is 0 Å². The Morgan fingerprint density at radius 3 is 2.65 bits per heavy atom. The molecule has 0 radical (unpaired) electrons. The van der Waals surface area contributed by atoms with E-state index in [-0.39, 0.29) is 6.42 Å². The highest BCUT2D eigenvalue weighted by Crippen LogP contribution is 2.33. The lowest BCUT2D eigenvalue weighted by molar-refractivity contribution is -0.141. The number of fused-ring (bicyclic) bond motifs is 3. The summed E-state index contributed by atoms with van der Waals surface area (Å²) in [5.74, 6) is -0.375. The molecule has 3 aromatic rings. The number of hydrogen-bond acceptors (Lipinski definition) is 4. The minimum Gasteiger partial charge on any atom is -0.481 e. The molecule has 1 aromatic heterocycles. The van der Waals surface area contributed by atoms with Crippen LogP contribution in [0.3, 0.4) is 0 Å². The molecule has 2 N–H and O–H groups in total. The van der Waals surface area contributed by atoms with Gasteiger partial charge in [0.25, 0.3) is 0 Å². The lowest BCUT2D eigenvalue weighted by Gasteiger charge is -2.13. The fourth-order valence-corrected chi connectivity index (χ4v) is 4.57. The summed E-state index contributed by atoms with van der Waals surface area (Å²) in [6, 6.07) is 16.0. The van der Waals surface area contributed by atoms with Crippen LogP contribution >= 0.6 is 0 Å². The predicted molar refractivity (Wildman–Crippen MR) is 121 cm³/mol. The van der Waals surface area contributed by atoms with E-state index in [1.54, 1.807) is 0 Å². The number of rotatable bonds is 9. The summed E-state index contributed by atoms with van der Waals surface area (Å²) in [7, 11) is 0. The van der Waals surface area contributed by atoms with Crippen LogP contribution in [0.25, 0.3) is 11.0 Å². The van der Waals surface area contributed by atoms with Gasteiger partial charge in [0.05, 0.1) is 11.6 Å². The Hall–Kier alpha value is -3.08. The molecule has 162 valence electrons. The summed E-state index contributed by atoms with van der Waals surface area (Å²) in [5, 5.41) is 23.9. The predicted octanol–water partition coefficient (Wildman–Crippen LogP) is 5.99. The number of carbonyl (C=O) groups is 1. The summed E-state index contributed by atoms with van der Waals surface area (Å²) in [4.78, 5) is 11.8. The Bertz CT molecular complexity index is 1070. The lowest BCUT2D eigenvalue weighted by atomic mass is 9.91. The summed E-state index contributed by atoms with van der Waals surface area (Å²) in [6.07, 6.45) is 7.76. The van der Waals surface area contributed by atoms with E-state index in [9.17, 15) is 15.1 Å². The number of aryl methyl sites for hydroxylation is 3. The third-order valence-electron chi connectivity index (χ3n) is 6.31. The summed E-state index contributed by atoms with van der Waals surface area (Å²) in [6.45, 7) is 0. The molecule has 5 heteroatoms. The van der Waals surface area contributed by atoms with E-state index in [1.807, 2.05) is 36.4 Å². The van der Waals surface area contributed by atoms with E-state index in [2.05, 4.69) is 17.3 Å². The zero-order chi connectivity index (χ0) is 21.6. The zero-order valence-electron chi connectivity index (χ0n) is 17.7. The van der Waals surface area contributed by atoms with Gasteiger partial charge >= 0.3 is 5.97 Å². The maximum atomic E-state index is 11.8. The average molecular weight is 420 g/mol. The second-order valence-electron chi connectivity index (χ2n) is 8.44. The van der Waals surface area contributed by atoms with Crippen LogP contribution in [0, 0.1) is 5.92 Å². The van der Waals surface area contributed by atoms with Crippen molar-refractivity contribution in [2.75, 3.05) is 0 Å². The van der Waals surface area contributed by atoms with Crippen molar-refractivity contribution in [3.05, 3.63) is 71.0 Å². The smallest absolute Gasteiger partial charge is 0.306 e. The van der Waals surface area contributed by atoms with Crippen molar-refractivity contribution >= 4 is 22.7 Å². The number of furan rings is 1. The van der Waals surface area contributed by atoms with Gasteiger partial charge in [0.2, 0.25) is 0 Å². The Balaban J connectivity index is 1.41. The largest absolute Gasteiger partial charge is 0.481 e. The first-order valence-electron chi connectivity index (χ1n) is 11.2. The molecule has 0 saturated heterocycles. The van der Waals surface area contributed by atoms with Gasteiger partial charge in [-0.05, 0) is 50.2 Å². The molecule has 0 unspecified atom stereocenters. The van der Waals surface area contributed by atoms with Crippen molar-refractivity contribution in [2.45, 2.75) is 57.8 Å². The van der Waals surface area contributed by atoms with E-state index in [0.29, 0.717) is 12.1 Å². The van der Waals surface area contributed by atoms with E-state index in [1.165, 1.54) is 17.5 Å². The topological polar surface area (TPSA) is 83.0 Å². The summed E-state index contributed by atoms with van der Waals surface area (Å²) in [5.41, 5.74) is 4.46. The molecule has 2 aromatic carbocycles. The molecular formula is C26H29NO4. The number of oxime groups is 1. The molecule has 1 aliphatic rings. The van der Waals surface area contributed by atoms with Crippen LogP contribution in [0.1, 0.15) is 61.0 Å². The van der Waals surface area contributed by atoms with Gasteiger partial charge in [-0.2, -0.15) is 0 Å². The number of hydrogen-bond donors (Lipinski definition) is 2. The first-order valence-corrected chi connectivity index (χ1v) is 11.2. The molecular weight excluding hydrogens is 390 g/mol. The quantitative estimate of drug-likeness (QED) is 0.193. The van der Waals surface area contributed by atoms with Gasteiger partial charge in [0, 0.05) is 29.4 Å². The highest BCUT2D eigenvalue weighted by molar-refractivity contribution is 6.04. The van der Waals surface area contributed by atoms with Crippen molar-refractivity contribution in [2.24, 2.45) is 11.1 Å². The SMILES string of the molecule is O=C(O)[C@H](CCCCc1ccccc1)CC(=NO)c1ccc2c3c(oc2c1)CCCC3. The summed E-state index contributed by atoms with van der Waals surface area (Å²) >= 11 is 0. The van der Waals surface area contributed by atoms with Crippen LogP contribution in [0.15, 0.2) is 58.1 Å². The van der Waals surface area contributed by atoms with Gasteiger partial charge in [-0.25, -0.2) is 0 Å². The molecule has 0 amide bonds. The fraction of sp³-hybridized carbons (Fsp3) is 0.385. The zero-order valence-corrected chi connectivity index (χ0v) is 17.7. The number of carboxylic acid groups (broad SMARTS) is 1. The molecule has 5 nitrogen and oxygen atoms in total. The Kier molecular flexibility index (Phi) is 6.70. The molecule has 4 rings (SSSR count). The maximum absolute atomic E-state index is 11.8. The van der Waals surface area contributed by atoms with Gasteiger partial charge in [-0.1, -0.05) is 54.0 Å². The average Bonchev–Trinajstić information content (AvgIpc) is 3.17. The molecule has 1 aliphatic carbocycles. The maximum Gasteiger partial charge on any atom is 0.306 e. The van der Waals surface area contributed by atoms with Crippen molar-refractivity contribution in [1.82, 2.24) is 0 Å². The van der Waals surface area contributed by atoms with Gasteiger partial charge < -0.3 is 14.7 Å². The van der Waals surface area contributed by atoms with Crippen LogP contribution < -0.4 is 0 Å². The van der Waals surface area contributed by atoms with Gasteiger partial charge in [-0.15, -0.1) is 0 Å². The minimum atomic E-state index is -0.851. The highest BCUT2D eigenvalue weighted by Gasteiger charge is 2.23. The molecule has 31 heavy (non-hydrogen) atoms. The number of nitrogens with zero attached hydrogens (tertiary/aromatic N) is 1. The van der Waals surface area contributed by atoms with E-state index < -0.39 is 11.9 Å². The van der Waals surface area contributed by atoms with Crippen molar-refractivity contribution in [3.8, 4) is 0 Å². The standard InChI is InChI=1S/C26H29NO4/c28-26(29)20(11-5-4-10-18-8-2-1-3-9-18)16-23(27-30)19-14-15-22-21-12-6-7-13-24(21)31-25(22)17-19/h1-3,8-9,14-15,17,20,30H,4-7,10-13,16H2,(H,28,29)/t20-/m1/s1. The van der Waals surface area contributed by atoms with Crippen LogP contribution in [0.2, 0.25) is 0 Å². The van der Waals surface area contributed by atoms with Crippen molar-refractivity contribution < 1.29 is 19.5 Å². The second-order valence-corrected chi connectivity index (χ2v) is 8.44. The molecule has 0 aliphatic heterocycles. The second kappa shape index (κ2) is 9.82. The van der Waals surface area contributed by atoms with Crippen LogP contribution in [0.5, 0.6) is 0 Å². The number of benzene rings is 2.